The van der Waals surface area contributed by atoms with E-state index in [4.69, 9.17) is 10.5 Å². The van der Waals surface area contributed by atoms with E-state index in [0.29, 0.717) is 5.57 Å². The molecule has 2 heteroatoms. The minimum atomic E-state index is 0.587. The van der Waals surface area contributed by atoms with E-state index < -0.39 is 0 Å². The second kappa shape index (κ2) is 5.85. The van der Waals surface area contributed by atoms with E-state index in [0.717, 1.165) is 19.3 Å². The molecule has 0 aliphatic carbocycles. The molecule has 2 nitrogen and oxygen atoms in total. The molecule has 0 amide bonds. The molecule has 0 rings (SSSR count). The Morgan fingerprint density at radius 3 is 2.60 bits per heavy atom. The number of allylic oxidation sites excluding steroid dienone is 2. The van der Waals surface area contributed by atoms with E-state index in [1.165, 1.54) is 6.08 Å². The van der Waals surface area contributed by atoms with Gasteiger partial charge in [-0.05, 0) is 12.8 Å². The van der Waals surface area contributed by atoms with Crippen molar-refractivity contribution in [2.75, 3.05) is 0 Å². The van der Waals surface area contributed by atoms with Crippen LogP contribution in [-0.2, 0) is 0 Å². The van der Waals surface area contributed by atoms with Gasteiger partial charge in [-0.25, -0.2) is 0 Å². The fourth-order valence-corrected chi connectivity index (χ4v) is 0.605. The molecular formula is C8H10N2. The molecule has 0 aromatic rings. The lowest BCUT2D eigenvalue weighted by Gasteiger charge is -1.90. The summed E-state index contributed by atoms with van der Waals surface area (Å²) in [5.74, 6) is 0. The van der Waals surface area contributed by atoms with Crippen molar-refractivity contribution in [1.82, 2.24) is 0 Å². The van der Waals surface area contributed by atoms with Gasteiger partial charge in [0, 0.05) is 11.6 Å². The Morgan fingerprint density at radius 2 is 2.20 bits per heavy atom. The fraction of sp³-hybridized carbons (Fsp3) is 0.500. The van der Waals surface area contributed by atoms with Gasteiger partial charge in [-0.3, -0.25) is 0 Å². The molecule has 0 aliphatic heterocycles. The predicted octanol–water partition coefficient (Wildman–Crippen LogP) is 2.15. The second-order valence-corrected chi connectivity index (χ2v) is 2.01. The van der Waals surface area contributed by atoms with Crippen molar-refractivity contribution < 1.29 is 0 Å². The first-order valence-corrected chi connectivity index (χ1v) is 3.34. The van der Waals surface area contributed by atoms with Gasteiger partial charge in [0.15, 0.2) is 0 Å². The van der Waals surface area contributed by atoms with E-state index in [1.807, 2.05) is 12.1 Å². The maximum atomic E-state index is 8.41. The standard InChI is InChI=1S/C8H10N2/c1-2-3-4-8(7-10)5-6-9/h5H,2-4H2,1H3/b8-5+. The largest absolute Gasteiger partial charge is 0.193 e. The molecule has 0 spiro atoms. The maximum absolute atomic E-state index is 8.41. The summed E-state index contributed by atoms with van der Waals surface area (Å²) in [7, 11) is 0. The Bertz CT molecular complexity index is 190. The lowest BCUT2D eigenvalue weighted by atomic mass is 10.1. The Labute approximate surface area is 61.4 Å². The molecule has 0 aromatic heterocycles. The quantitative estimate of drug-likeness (QED) is 0.555. The van der Waals surface area contributed by atoms with Gasteiger partial charge in [-0.1, -0.05) is 13.3 Å². The van der Waals surface area contributed by atoms with Crippen molar-refractivity contribution in [3.8, 4) is 12.1 Å². The van der Waals surface area contributed by atoms with Crippen molar-refractivity contribution in [2.45, 2.75) is 26.2 Å². The van der Waals surface area contributed by atoms with E-state index >= 15 is 0 Å². The van der Waals surface area contributed by atoms with Crippen LogP contribution in [0.25, 0.3) is 0 Å². The highest BCUT2D eigenvalue weighted by atomic mass is 14.3. The van der Waals surface area contributed by atoms with Gasteiger partial charge < -0.3 is 0 Å². The Hall–Kier alpha value is -1.28. The lowest BCUT2D eigenvalue weighted by Crippen LogP contribution is -1.77. The Morgan fingerprint density at radius 1 is 1.50 bits per heavy atom. The van der Waals surface area contributed by atoms with Crippen LogP contribution in [0.15, 0.2) is 11.6 Å². The number of hydrogen-bond donors (Lipinski definition) is 0. The molecule has 52 valence electrons. The SMILES string of the molecule is CCCC/C(C#N)=C\C#N. The molecule has 0 radical (unpaired) electrons. The molecule has 0 aliphatic rings. The van der Waals surface area contributed by atoms with Crippen LogP contribution in [0.1, 0.15) is 26.2 Å². The number of hydrogen-bond acceptors (Lipinski definition) is 2. The smallest absolute Gasteiger partial charge is 0.0954 e. The topological polar surface area (TPSA) is 47.6 Å². The van der Waals surface area contributed by atoms with Crippen LogP contribution < -0.4 is 0 Å². The molecule has 0 fully saturated rings. The summed E-state index contributed by atoms with van der Waals surface area (Å²) >= 11 is 0. The van der Waals surface area contributed by atoms with E-state index in [-0.39, 0.29) is 0 Å². The van der Waals surface area contributed by atoms with Crippen LogP contribution >= 0.6 is 0 Å². The van der Waals surface area contributed by atoms with E-state index in [2.05, 4.69) is 6.92 Å². The van der Waals surface area contributed by atoms with Gasteiger partial charge in [0.05, 0.1) is 12.1 Å². The van der Waals surface area contributed by atoms with Gasteiger partial charge in [-0.2, -0.15) is 10.5 Å². The average molecular weight is 134 g/mol. The third kappa shape index (κ3) is 3.69. The zero-order valence-electron chi connectivity index (χ0n) is 6.09. The van der Waals surface area contributed by atoms with Crippen LogP contribution in [0.5, 0.6) is 0 Å². The minimum Gasteiger partial charge on any atom is -0.193 e. The van der Waals surface area contributed by atoms with Crippen molar-refractivity contribution in [1.29, 1.82) is 10.5 Å². The van der Waals surface area contributed by atoms with Gasteiger partial charge in [0.25, 0.3) is 0 Å². The summed E-state index contributed by atoms with van der Waals surface area (Å²) in [5.41, 5.74) is 0.587. The van der Waals surface area contributed by atoms with Crippen LogP contribution in [0.2, 0.25) is 0 Å². The Balaban J connectivity index is 3.78. The molecule has 0 atom stereocenters. The number of rotatable bonds is 3. The molecule has 0 aromatic carbocycles. The van der Waals surface area contributed by atoms with Gasteiger partial charge >= 0.3 is 0 Å². The first-order chi connectivity index (χ1) is 4.85. The normalized spacial score (nSPS) is 10.1. The van der Waals surface area contributed by atoms with Gasteiger partial charge in [0.2, 0.25) is 0 Å². The highest BCUT2D eigenvalue weighted by Crippen LogP contribution is 2.04. The molecule has 0 saturated carbocycles. The molecule has 0 bridgehead atoms. The Kier molecular flexibility index (Phi) is 5.10. The maximum Gasteiger partial charge on any atom is 0.0954 e. The summed E-state index contributed by atoms with van der Waals surface area (Å²) in [5, 5.41) is 16.6. The highest BCUT2D eigenvalue weighted by Gasteiger charge is 1.91. The molecule has 0 saturated heterocycles. The van der Waals surface area contributed by atoms with Gasteiger partial charge in [0.1, 0.15) is 0 Å². The minimum absolute atomic E-state index is 0.587. The van der Waals surface area contributed by atoms with Crippen molar-refractivity contribution in [3.63, 3.8) is 0 Å². The zero-order valence-corrected chi connectivity index (χ0v) is 6.09. The summed E-state index contributed by atoms with van der Waals surface area (Å²) in [6.45, 7) is 2.06. The predicted molar refractivity (Wildman–Crippen MR) is 38.8 cm³/mol. The van der Waals surface area contributed by atoms with E-state index in [9.17, 15) is 0 Å². The molecule has 0 N–H and O–H groups in total. The summed E-state index contributed by atoms with van der Waals surface area (Å²) in [6, 6.07) is 3.82. The van der Waals surface area contributed by atoms with Crippen molar-refractivity contribution in [3.05, 3.63) is 11.6 Å². The first-order valence-electron chi connectivity index (χ1n) is 3.34. The number of unbranched alkanes of at least 4 members (excludes halogenated alkanes) is 1. The molecular weight excluding hydrogens is 124 g/mol. The number of nitriles is 2. The monoisotopic (exact) mass is 134 g/mol. The lowest BCUT2D eigenvalue weighted by molar-refractivity contribution is 0.800. The average Bonchev–Trinajstić information content (AvgIpc) is 1.98. The third-order valence-corrected chi connectivity index (χ3v) is 1.18. The highest BCUT2D eigenvalue weighted by molar-refractivity contribution is 5.26. The second-order valence-electron chi connectivity index (χ2n) is 2.01. The fourth-order valence-electron chi connectivity index (χ4n) is 0.605. The molecule has 0 unspecified atom stereocenters. The van der Waals surface area contributed by atoms with Crippen molar-refractivity contribution in [2.24, 2.45) is 0 Å². The van der Waals surface area contributed by atoms with Crippen LogP contribution in [-0.4, -0.2) is 0 Å². The van der Waals surface area contributed by atoms with Crippen molar-refractivity contribution >= 4 is 0 Å². The van der Waals surface area contributed by atoms with E-state index in [1.54, 1.807) is 0 Å². The number of nitrogens with zero attached hydrogens (tertiary/aromatic N) is 2. The van der Waals surface area contributed by atoms with Crippen LogP contribution in [0.4, 0.5) is 0 Å². The summed E-state index contributed by atoms with van der Waals surface area (Å²) in [4.78, 5) is 0. The zero-order chi connectivity index (χ0) is 7.82. The molecule has 0 heterocycles. The van der Waals surface area contributed by atoms with Gasteiger partial charge in [-0.15, -0.1) is 0 Å². The summed E-state index contributed by atoms with van der Waals surface area (Å²) < 4.78 is 0. The van der Waals surface area contributed by atoms with Crippen LogP contribution in [0, 0.1) is 22.7 Å². The first kappa shape index (κ1) is 8.72. The molecule has 10 heavy (non-hydrogen) atoms. The summed E-state index contributed by atoms with van der Waals surface area (Å²) in [6.07, 6.45) is 4.10. The van der Waals surface area contributed by atoms with Crippen LogP contribution in [0.3, 0.4) is 0 Å². The third-order valence-electron chi connectivity index (χ3n) is 1.18.